The quantitative estimate of drug-likeness (QED) is 0.166. The van der Waals surface area contributed by atoms with Crippen LogP contribution in [0.2, 0.25) is 0 Å². The van der Waals surface area contributed by atoms with Crippen molar-refractivity contribution in [1.82, 2.24) is 0 Å². The summed E-state index contributed by atoms with van der Waals surface area (Å²) < 4.78 is 0. The van der Waals surface area contributed by atoms with Gasteiger partial charge < -0.3 is 0 Å². The summed E-state index contributed by atoms with van der Waals surface area (Å²) >= 11 is 0. The van der Waals surface area contributed by atoms with E-state index < -0.39 is 0 Å². The third-order valence-electron chi connectivity index (χ3n) is 9.33. The highest BCUT2D eigenvalue weighted by Crippen LogP contribution is 2.42. The Kier molecular flexibility index (Phi) is 8.44. The van der Waals surface area contributed by atoms with Crippen molar-refractivity contribution in [3.05, 3.63) is 140 Å². The summed E-state index contributed by atoms with van der Waals surface area (Å²) in [5, 5.41) is 0. The van der Waals surface area contributed by atoms with Gasteiger partial charge in [-0.05, 0) is 62.1 Å². The lowest BCUT2D eigenvalue weighted by molar-refractivity contribution is 0.0977. The Morgan fingerprint density at radius 3 is 1.00 bits per heavy atom. The van der Waals surface area contributed by atoms with Crippen molar-refractivity contribution in [2.45, 2.75) is 105 Å². The predicted octanol–water partition coefficient (Wildman–Crippen LogP) is 10.1. The first-order valence-electron chi connectivity index (χ1n) is 16.8. The van der Waals surface area contributed by atoms with Crippen LogP contribution in [-0.4, -0.2) is 23.1 Å². The molecule has 0 atom stereocenters. The number of carbonyl (C=O) groups excluding carboxylic acids is 4. The molecule has 0 saturated carbocycles. The molecule has 0 aromatic heterocycles. The van der Waals surface area contributed by atoms with Gasteiger partial charge in [0.2, 0.25) is 0 Å². The van der Waals surface area contributed by atoms with Crippen molar-refractivity contribution >= 4 is 23.1 Å². The second kappa shape index (κ2) is 11.6. The highest BCUT2D eigenvalue weighted by molar-refractivity contribution is 6.29. The summed E-state index contributed by atoms with van der Waals surface area (Å²) in [6.45, 7) is 25.6. The van der Waals surface area contributed by atoms with Crippen LogP contribution < -0.4 is 0 Å². The van der Waals surface area contributed by atoms with Crippen molar-refractivity contribution < 1.29 is 19.2 Å². The van der Waals surface area contributed by atoms with Crippen LogP contribution >= 0.6 is 0 Å². The lowest BCUT2D eigenvalue weighted by Crippen LogP contribution is -2.30. The first-order chi connectivity index (χ1) is 22.0. The first-order valence-corrected chi connectivity index (χ1v) is 16.8. The van der Waals surface area contributed by atoms with Gasteiger partial charge in [-0.2, -0.15) is 0 Å². The molecule has 0 fully saturated rings. The molecule has 48 heavy (non-hydrogen) atoms. The molecule has 0 radical (unpaired) electrons. The lowest BCUT2D eigenvalue weighted by Gasteiger charge is -2.34. The molecule has 0 bridgehead atoms. The van der Waals surface area contributed by atoms with Crippen LogP contribution in [0, 0.1) is 0 Å². The molecule has 0 amide bonds. The van der Waals surface area contributed by atoms with Crippen molar-refractivity contribution in [3.8, 4) is 0 Å². The second-order valence-corrected chi connectivity index (χ2v) is 17.3. The van der Waals surface area contributed by atoms with Crippen LogP contribution in [0.25, 0.3) is 0 Å². The molecule has 0 aliphatic heterocycles. The maximum Gasteiger partial charge on any atom is 0.194 e. The minimum atomic E-state index is -0.226. The predicted molar refractivity (Wildman–Crippen MR) is 194 cm³/mol. The van der Waals surface area contributed by atoms with E-state index in [1.165, 1.54) is 0 Å². The number of benzene rings is 4. The first kappa shape index (κ1) is 34.9. The van der Waals surface area contributed by atoms with E-state index in [1.807, 2.05) is 48.5 Å². The maximum atomic E-state index is 13.2. The average molecular weight is 641 g/mol. The molecule has 0 spiro atoms. The van der Waals surface area contributed by atoms with Crippen LogP contribution in [0.3, 0.4) is 0 Å². The zero-order valence-electron chi connectivity index (χ0n) is 30.6. The molecule has 4 aromatic carbocycles. The van der Waals surface area contributed by atoms with Gasteiger partial charge in [0.15, 0.2) is 23.1 Å². The van der Waals surface area contributed by atoms with Gasteiger partial charge in [-0.3, -0.25) is 19.2 Å². The van der Waals surface area contributed by atoms with E-state index in [4.69, 9.17) is 0 Å². The van der Waals surface area contributed by atoms with Crippen LogP contribution in [0.4, 0.5) is 0 Å². The van der Waals surface area contributed by atoms with Gasteiger partial charge >= 0.3 is 0 Å². The van der Waals surface area contributed by atoms with E-state index in [0.717, 1.165) is 22.3 Å². The van der Waals surface area contributed by atoms with Crippen LogP contribution in [0.15, 0.2) is 72.8 Å². The van der Waals surface area contributed by atoms with Gasteiger partial charge in [-0.1, -0.05) is 138 Å². The normalized spacial score (nSPS) is 14.4. The Bertz CT molecular complexity index is 1890. The Morgan fingerprint density at radius 1 is 0.333 bits per heavy atom. The molecule has 248 valence electrons. The molecule has 0 heterocycles. The molecule has 4 aromatic rings. The molecular formula is C44H48O4. The number of carbonyl (C=O) groups is 4. The Hall–Kier alpha value is -4.44. The summed E-state index contributed by atoms with van der Waals surface area (Å²) in [6.07, 6.45) is 0. The zero-order chi connectivity index (χ0) is 35.7. The van der Waals surface area contributed by atoms with Crippen LogP contribution in [-0.2, 0) is 21.7 Å². The fourth-order valence-electron chi connectivity index (χ4n) is 6.98. The van der Waals surface area contributed by atoms with Gasteiger partial charge in [-0.25, -0.2) is 0 Å². The monoisotopic (exact) mass is 640 g/mol. The largest absolute Gasteiger partial charge is 0.289 e. The minimum absolute atomic E-state index is 0.0313. The maximum absolute atomic E-state index is 13.2. The fraction of sp³-hybridized carbons (Fsp3) is 0.364. The van der Waals surface area contributed by atoms with E-state index in [0.29, 0.717) is 44.5 Å². The van der Waals surface area contributed by atoms with Crippen molar-refractivity contribution in [1.29, 1.82) is 0 Å². The standard InChI is InChI=1S/2C22H24O2/c1-21(2,3)17-11-15-16(12-18(17)22(4,5)6)20(24)14-10-8-7-9-13(14)19(15)23;1-21(2,3)16-12-11-15-17(18(16)22(4,5)6)20(24)14-10-8-7-9-13(14)19(15)23/h2*7-12H,1-6H3. The summed E-state index contributed by atoms with van der Waals surface area (Å²) in [4.78, 5) is 52.1. The number of hydrogen-bond acceptors (Lipinski definition) is 4. The Balaban J connectivity index is 0.000000188. The number of rotatable bonds is 0. The van der Waals surface area contributed by atoms with Gasteiger partial charge in [-0.15, -0.1) is 0 Å². The van der Waals surface area contributed by atoms with E-state index >= 15 is 0 Å². The number of hydrogen-bond donors (Lipinski definition) is 0. The van der Waals surface area contributed by atoms with E-state index in [-0.39, 0.29) is 44.8 Å². The molecule has 2 aliphatic rings. The lowest BCUT2D eigenvalue weighted by atomic mass is 9.69. The molecule has 0 unspecified atom stereocenters. The molecule has 4 heteroatoms. The molecule has 2 aliphatic carbocycles. The molecule has 6 rings (SSSR count). The average Bonchev–Trinajstić information content (AvgIpc) is 2.99. The third kappa shape index (κ3) is 6.02. The smallest absolute Gasteiger partial charge is 0.194 e. The minimum Gasteiger partial charge on any atom is -0.289 e. The molecule has 0 N–H and O–H groups in total. The molecular weight excluding hydrogens is 592 g/mol. The topological polar surface area (TPSA) is 68.3 Å². The van der Waals surface area contributed by atoms with Crippen molar-refractivity contribution in [3.63, 3.8) is 0 Å². The summed E-state index contributed by atoms with van der Waals surface area (Å²) in [5.41, 5.74) is 8.15. The van der Waals surface area contributed by atoms with Crippen LogP contribution in [0.1, 0.15) is 169 Å². The van der Waals surface area contributed by atoms with Gasteiger partial charge in [0.1, 0.15) is 0 Å². The highest BCUT2D eigenvalue weighted by Gasteiger charge is 2.38. The summed E-state index contributed by atoms with van der Waals surface area (Å²) in [6, 6.07) is 22.0. The van der Waals surface area contributed by atoms with Crippen molar-refractivity contribution in [2.24, 2.45) is 0 Å². The molecule has 0 saturated heterocycles. The van der Waals surface area contributed by atoms with Crippen molar-refractivity contribution in [2.75, 3.05) is 0 Å². The van der Waals surface area contributed by atoms with E-state index in [9.17, 15) is 19.2 Å². The Labute approximate surface area is 286 Å². The van der Waals surface area contributed by atoms with E-state index in [1.54, 1.807) is 24.3 Å². The summed E-state index contributed by atoms with van der Waals surface area (Å²) in [5.74, 6) is -0.181. The fourth-order valence-corrected chi connectivity index (χ4v) is 6.98. The molecule has 4 nitrogen and oxygen atoms in total. The number of ketones is 4. The highest BCUT2D eigenvalue weighted by atomic mass is 16.1. The summed E-state index contributed by atoms with van der Waals surface area (Å²) in [7, 11) is 0. The Morgan fingerprint density at radius 2 is 0.667 bits per heavy atom. The van der Waals surface area contributed by atoms with Gasteiger partial charge in [0.25, 0.3) is 0 Å². The second-order valence-electron chi connectivity index (χ2n) is 17.3. The van der Waals surface area contributed by atoms with Gasteiger partial charge in [0.05, 0.1) is 0 Å². The van der Waals surface area contributed by atoms with Gasteiger partial charge in [0, 0.05) is 44.5 Å². The SMILES string of the molecule is CC(C)(C)c1cc2c(cc1C(C)(C)C)C(=O)c1ccccc1C2=O.CC(C)(C)c1ccc2c(c1C(C)(C)C)C(=O)c1ccccc1C2=O. The van der Waals surface area contributed by atoms with E-state index in [2.05, 4.69) is 83.1 Å². The van der Waals surface area contributed by atoms with Crippen LogP contribution in [0.5, 0.6) is 0 Å². The zero-order valence-corrected chi connectivity index (χ0v) is 30.6. The number of fused-ring (bicyclic) bond motifs is 4. The third-order valence-corrected chi connectivity index (χ3v) is 9.33.